The third kappa shape index (κ3) is 4.85. The Labute approximate surface area is 147 Å². The van der Waals surface area contributed by atoms with Gasteiger partial charge in [0.05, 0.1) is 0 Å². The van der Waals surface area contributed by atoms with Gasteiger partial charge in [-0.15, -0.1) is 0 Å². The highest BCUT2D eigenvalue weighted by Gasteiger charge is 2.20. The van der Waals surface area contributed by atoms with Gasteiger partial charge in [-0.05, 0) is 90.8 Å². The number of rotatable bonds is 4. The summed E-state index contributed by atoms with van der Waals surface area (Å²) in [7, 11) is 0. The van der Waals surface area contributed by atoms with Crippen LogP contribution in [0.4, 0.5) is 0 Å². The van der Waals surface area contributed by atoms with Gasteiger partial charge >= 0.3 is 0 Å². The van der Waals surface area contributed by atoms with Crippen LogP contribution in [0.3, 0.4) is 0 Å². The predicted molar refractivity (Wildman–Crippen MR) is 97.4 cm³/mol. The minimum atomic E-state index is 0.741. The first kappa shape index (κ1) is 16.6. The molecule has 1 aliphatic rings. The summed E-state index contributed by atoms with van der Waals surface area (Å²) in [6.45, 7) is 7.54. The van der Waals surface area contributed by atoms with Crippen molar-refractivity contribution >= 4 is 15.9 Å². The average Bonchev–Trinajstić information content (AvgIpc) is 2.46. The largest absolute Gasteiger partial charge is 0.299 e. The molecule has 3 rings (SSSR count). The lowest BCUT2D eigenvalue weighted by Gasteiger charge is -2.33. The lowest BCUT2D eigenvalue weighted by Crippen LogP contribution is -2.35. The van der Waals surface area contributed by atoms with Crippen LogP contribution >= 0.6 is 15.9 Å². The molecular formula is C19H24BrN3. The second kappa shape index (κ2) is 7.54. The van der Waals surface area contributed by atoms with E-state index in [1.54, 1.807) is 0 Å². The molecule has 0 unspecified atom stereocenters. The number of likely N-dealkylation sites (tertiary alicyclic amines) is 1. The number of hydrogen-bond donors (Lipinski definition) is 0. The van der Waals surface area contributed by atoms with Crippen LogP contribution in [0, 0.1) is 19.8 Å². The second-order valence-electron chi connectivity index (χ2n) is 6.72. The molecule has 122 valence electrons. The molecular weight excluding hydrogens is 350 g/mol. The minimum Gasteiger partial charge on any atom is -0.299 e. The van der Waals surface area contributed by atoms with Gasteiger partial charge in [0.1, 0.15) is 0 Å². The zero-order valence-corrected chi connectivity index (χ0v) is 15.5. The van der Waals surface area contributed by atoms with Crippen LogP contribution in [-0.4, -0.2) is 28.0 Å². The van der Waals surface area contributed by atoms with E-state index in [4.69, 9.17) is 0 Å². The maximum Gasteiger partial charge on any atom is 0.0410 e. The molecule has 0 amide bonds. The summed E-state index contributed by atoms with van der Waals surface area (Å²) >= 11 is 3.51. The smallest absolute Gasteiger partial charge is 0.0410 e. The number of piperidine rings is 1. The van der Waals surface area contributed by atoms with Crippen molar-refractivity contribution in [2.24, 2.45) is 5.92 Å². The topological polar surface area (TPSA) is 29.0 Å². The molecule has 1 fully saturated rings. The van der Waals surface area contributed by atoms with Crippen molar-refractivity contribution in [2.75, 3.05) is 13.1 Å². The van der Waals surface area contributed by atoms with E-state index in [0.29, 0.717) is 0 Å². The van der Waals surface area contributed by atoms with Crippen LogP contribution < -0.4 is 0 Å². The minimum absolute atomic E-state index is 0.741. The normalized spacial score (nSPS) is 19.0. The fourth-order valence-corrected chi connectivity index (χ4v) is 4.05. The van der Waals surface area contributed by atoms with Crippen LogP contribution in [0.5, 0.6) is 0 Å². The third-order valence-electron chi connectivity index (χ3n) is 4.44. The molecule has 0 radical (unpaired) electrons. The molecule has 0 spiro atoms. The first-order valence-corrected chi connectivity index (χ1v) is 9.14. The molecule has 0 bridgehead atoms. The van der Waals surface area contributed by atoms with Gasteiger partial charge in [-0.2, -0.15) is 0 Å². The Balaban J connectivity index is 1.61. The number of aromatic nitrogens is 2. The Kier molecular flexibility index (Phi) is 5.44. The molecule has 2 aromatic heterocycles. The van der Waals surface area contributed by atoms with Gasteiger partial charge in [-0.3, -0.25) is 14.9 Å². The summed E-state index contributed by atoms with van der Waals surface area (Å²) in [6, 6.07) is 6.65. The summed E-state index contributed by atoms with van der Waals surface area (Å²) in [5.41, 5.74) is 4.99. The van der Waals surface area contributed by atoms with Crippen LogP contribution in [0.25, 0.3) is 0 Å². The molecule has 4 heteroatoms. The highest BCUT2D eigenvalue weighted by Crippen LogP contribution is 2.23. The van der Waals surface area contributed by atoms with Crippen LogP contribution in [-0.2, 0) is 13.0 Å². The van der Waals surface area contributed by atoms with Gasteiger partial charge in [0.2, 0.25) is 0 Å². The average molecular weight is 374 g/mol. The summed E-state index contributed by atoms with van der Waals surface area (Å²) in [6.07, 6.45) is 7.60. The van der Waals surface area contributed by atoms with Gasteiger partial charge in [0, 0.05) is 41.3 Å². The first-order chi connectivity index (χ1) is 11.1. The fraction of sp³-hybridized carbons (Fsp3) is 0.474. The Bertz CT molecular complexity index is 651. The molecule has 2 aromatic rings. The molecule has 0 saturated carbocycles. The zero-order chi connectivity index (χ0) is 16.2. The fourth-order valence-electron chi connectivity index (χ4n) is 3.63. The molecule has 1 saturated heterocycles. The van der Waals surface area contributed by atoms with E-state index in [1.165, 1.54) is 37.1 Å². The number of aryl methyl sites for hydroxylation is 2. The Hall–Kier alpha value is -1.26. The van der Waals surface area contributed by atoms with E-state index in [2.05, 4.69) is 62.8 Å². The zero-order valence-electron chi connectivity index (χ0n) is 13.9. The maximum atomic E-state index is 4.48. The summed E-state index contributed by atoms with van der Waals surface area (Å²) in [4.78, 5) is 11.3. The third-order valence-corrected chi connectivity index (χ3v) is 4.87. The first-order valence-electron chi connectivity index (χ1n) is 8.34. The van der Waals surface area contributed by atoms with E-state index in [1.807, 2.05) is 12.4 Å². The lowest BCUT2D eigenvalue weighted by molar-refractivity contribution is 0.167. The van der Waals surface area contributed by atoms with Gasteiger partial charge in [-0.1, -0.05) is 0 Å². The van der Waals surface area contributed by atoms with Crippen molar-refractivity contribution in [3.8, 4) is 0 Å². The lowest BCUT2D eigenvalue weighted by atomic mass is 9.91. The SMILES string of the molecule is Cc1cc(C[C@H]2CCCN(Cc3cncc(Br)c3)C2)cc(C)n1. The number of halogens is 1. The van der Waals surface area contributed by atoms with E-state index in [0.717, 1.165) is 34.7 Å². The maximum absolute atomic E-state index is 4.48. The van der Waals surface area contributed by atoms with Gasteiger partial charge in [0.15, 0.2) is 0 Å². The number of nitrogens with zero attached hydrogens (tertiary/aromatic N) is 3. The van der Waals surface area contributed by atoms with Crippen LogP contribution in [0.2, 0.25) is 0 Å². The highest BCUT2D eigenvalue weighted by molar-refractivity contribution is 9.10. The van der Waals surface area contributed by atoms with E-state index in [9.17, 15) is 0 Å². The van der Waals surface area contributed by atoms with Gasteiger partial charge in [-0.25, -0.2) is 0 Å². The Morgan fingerprint density at radius 1 is 1.13 bits per heavy atom. The van der Waals surface area contributed by atoms with E-state index in [-0.39, 0.29) is 0 Å². The summed E-state index contributed by atoms with van der Waals surface area (Å²) in [5.74, 6) is 0.741. The molecule has 1 atom stereocenters. The van der Waals surface area contributed by atoms with Crippen LogP contribution in [0.15, 0.2) is 35.1 Å². The van der Waals surface area contributed by atoms with Crippen molar-refractivity contribution in [3.63, 3.8) is 0 Å². The molecule has 0 aliphatic carbocycles. The molecule has 0 N–H and O–H groups in total. The number of hydrogen-bond acceptors (Lipinski definition) is 3. The van der Waals surface area contributed by atoms with Crippen molar-refractivity contribution in [3.05, 3.63) is 57.6 Å². The summed E-state index contributed by atoms with van der Waals surface area (Å²) < 4.78 is 1.06. The van der Waals surface area contributed by atoms with Crippen LogP contribution in [0.1, 0.15) is 35.4 Å². The Morgan fingerprint density at radius 2 is 1.91 bits per heavy atom. The molecule has 23 heavy (non-hydrogen) atoms. The van der Waals surface area contributed by atoms with E-state index < -0.39 is 0 Å². The van der Waals surface area contributed by atoms with Crippen molar-refractivity contribution in [1.82, 2.24) is 14.9 Å². The number of pyridine rings is 2. The van der Waals surface area contributed by atoms with Crippen molar-refractivity contribution in [1.29, 1.82) is 0 Å². The quantitative estimate of drug-likeness (QED) is 0.799. The van der Waals surface area contributed by atoms with E-state index >= 15 is 0 Å². The molecule has 0 aromatic carbocycles. The van der Waals surface area contributed by atoms with Crippen molar-refractivity contribution < 1.29 is 0 Å². The van der Waals surface area contributed by atoms with Gasteiger partial charge < -0.3 is 0 Å². The molecule has 1 aliphatic heterocycles. The van der Waals surface area contributed by atoms with Gasteiger partial charge in [0.25, 0.3) is 0 Å². The molecule has 3 heterocycles. The molecule has 3 nitrogen and oxygen atoms in total. The second-order valence-corrected chi connectivity index (χ2v) is 7.63. The Morgan fingerprint density at radius 3 is 2.65 bits per heavy atom. The highest BCUT2D eigenvalue weighted by atomic mass is 79.9. The standard InChI is InChI=1S/C19H24BrN3/c1-14-6-17(7-15(2)22-14)8-16-4-3-5-23(12-16)13-18-9-19(20)11-21-10-18/h6-7,9-11,16H,3-5,8,12-13H2,1-2H3/t16-/m1/s1. The predicted octanol–water partition coefficient (Wildman–Crippen LogP) is 4.31. The van der Waals surface area contributed by atoms with Crippen molar-refractivity contribution in [2.45, 2.75) is 39.7 Å². The monoisotopic (exact) mass is 373 g/mol. The summed E-state index contributed by atoms with van der Waals surface area (Å²) in [5, 5.41) is 0.